The fourth-order valence-corrected chi connectivity index (χ4v) is 2.91. The average Bonchev–Trinajstić information content (AvgIpc) is 2.86. The summed E-state index contributed by atoms with van der Waals surface area (Å²) in [6, 6.07) is 7.69. The van der Waals surface area contributed by atoms with Gasteiger partial charge in [-0.25, -0.2) is 13.8 Å². The smallest absolute Gasteiger partial charge is 0.147 e. The summed E-state index contributed by atoms with van der Waals surface area (Å²) >= 11 is 0. The summed E-state index contributed by atoms with van der Waals surface area (Å²) in [6.45, 7) is 6.07. The van der Waals surface area contributed by atoms with E-state index in [2.05, 4.69) is 17.1 Å². The van der Waals surface area contributed by atoms with Gasteiger partial charge in [0.2, 0.25) is 0 Å². The highest BCUT2D eigenvalue weighted by Gasteiger charge is 2.15. The maximum Gasteiger partial charge on any atom is 0.147 e. The SMILES string of the molecule is Cc1cc(C)c(-n2ccnc2-c2ccc(F)cc2F)c(C)c1. The van der Waals surface area contributed by atoms with Crippen LogP contribution in [-0.2, 0) is 0 Å². The molecule has 0 saturated carbocycles. The topological polar surface area (TPSA) is 17.8 Å². The molecule has 0 spiro atoms. The molecule has 0 aliphatic carbocycles. The van der Waals surface area contributed by atoms with Gasteiger partial charge in [0.1, 0.15) is 17.5 Å². The maximum absolute atomic E-state index is 14.1. The number of benzene rings is 2. The second kappa shape index (κ2) is 5.37. The summed E-state index contributed by atoms with van der Waals surface area (Å²) < 4.78 is 29.0. The number of hydrogen-bond donors (Lipinski definition) is 0. The molecule has 0 fully saturated rings. The molecule has 3 rings (SSSR count). The Morgan fingerprint density at radius 1 is 0.955 bits per heavy atom. The summed E-state index contributed by atoms with van der Waals surface area (Å²) in [4.78, 5) is 4.26. The van der Waals surface area contributed by atoms with E-state index in [1.165, 1.54) is 17.7 Å². The normalized spacial score (nSPS) is 11.0. The van der Waals surface area contributed by atoms with Gasteiger partial charge in [-0.1, -0.05) is 17.7 Å². The molecule has 112 valence electrons. The first-order valence-electron chi connectivity index (χ1n) is 7.04. The number of aromatic nitrogens is 2. The Bertz CT molecular complexity index is 827. The van der Waals surface area contributed by atoms with E-state index in [4.69, 9.17) is 0 Å². The lowest BCUT2D eigenvalue weighted by Crippen LogP contribution is -2.03. The second-order valence-corrected chi connectivity index (χ2v) is 5.49. The van der Waals surface area contributed by atoms with Crippen LogP contribution in [0.25, 0.3) is 17.1 Å². The van der Waals surface area contributed by atoms with Gasteiger partial charge in [0.15, 0.2) is 0 Å². The zero-order chi connectivity index (χ0) is 15.9. The van der Waals surface area contributed by atoms with Crippen LogP contribution in [0.4, 0.5) is 8.78 Å². The van der Waals surface area contributed by atoms with Crippen LogP contribution in [0.3, 0.4) is 0 Å². The first-order chi connectivity index (χ1) is 10.5. The standard InChI is InChI=1S/C18H16F2N2/c1-11-8-12(2)17(13(3)9-11)22-7-6-21-18(22)15-5-4-14(19)10-16(15)20/h4-10H,1-3H3. The molecule has 3 aromatic rings. The van der Waals surface area contributed by atoms with Crippen molar-refractivity contribution >= 4 is 0 Å². The molecule has 0 aliphatic heterocycles. The highest BCUT2D eigenvalue weighted by Crippen LogP contribution is 2.28. The quantitative estimate of drug-likeness (QED) is 0.668. The van der Waals surface area contributed by atoms with Gasteiger partial charge in [0, 0.05) is 18.5 Å². The molecular formula is C18H16F2N2. The number of halogens is 2. The predicted octanol–water partition coefficient (Wildman–Crippen LogP) is 4.74. The molecule has 0 unspecified atom stereocenters. The molecule has 0 radical (unpaired) electrons. The van der Waals surface area contributed by atoms with Gasteiger partial charge in [0.05, 0.1) is 11.3 Å². The molecule has 2 aromatic carbocycles. The van der Waals surface area contributed by atoms with Crippen molar-refractivity contribution in [3.05, 3.63) is 71.1 Å². The predicted molar refractivity (Wildman–Crippen MR) is 83.1 cm³/mol. The Morgan fingerprint density at radius 2 is 1.64 bits per heavy atom. The highest BCUT2D eigenvalue weighted by atomic mass is 19.1. The van der Waals surface area contributed by atoms with Crippen LogP contribution in [0, 0.1) is 32.4 Å². The highest BCUT2D eigenvalue weighted by molar-refractivity contribution is 5.62. The summed E-state index contributed by atoms with van der Waals surface area (Å²) in [6.07, 6.45) is 3.42. The van der Waals surface area contributed by atoms with Crippen LogP contribution in [0.15, 0.2) is 42.7 Å². The van der Waals surface area contributed by atoms with Gasteiger partial charge in [-0.05, 0) is 44.0 Å². The van der Waals surface area contributed by atoms with Crippen LogP contribution in [0.1, 0.15) is 16.7 Å². The summed E-state index contributed by atoms with van der Waals surface area (Å²) in [5.74, 6) is -0.746. The van der Waals surface area contributed by atoms with Crippen molar-refractivity contribution in [1.29, 1.82) is 0 Å². The molecule has 22 heavy (non-hydrogen) atoms. The van der Waals surface area contributed by atoms with Crippen molar-refractivity contribution < 1.29 is 8.78 Å². The number of rotatable bonds is 2. The van der Waals surface area contributed by atoms with E-state index < -0.39 is 11.6 Å². The first kappa shape index (κ1) is 14.4. The number of nitrogens with zero attached hydrogens (tertiary/aromatic N) is 2. The lowest BCUT2D eigenvalue weighted by Gasteiger charge is -2.15. The molecule has 4 heteroatoms. The third-order valence-electron chi connectivity index (χ3n) is 3.69. The fraction of sp³-hybridized carbons (Fsp3) is 0.167. The summed E-state index contributed by atoms with van der Waals surface area (Å²) in [5, 5.41) is 0. The molecular weight excluding hydrogens is 282 g/mol. The Balaban J connectivity index is 2.22. The van der Waals surface area contributed by atoms with Crippen molar-refractivity contribution in [1.82, 2.24) is 9.55 Å². The minimum Gasteiger partial charge on any atom is -0.299 e. The van der Waals surface area contributed by atoms with Crippen LogP contribution < -0.4 is 0 Å². The third-order valence-corrected chi connectivity index (χ3v) is 3.69. The molecule has 0 N–H and O–H groups in total. The molecule has 0 atom stereocenters. The van der Waals surface area contributed by atoms with Gasteiger partial charge in [-0.3, -0.25) is 4.57 Å². The van der Waals surface area contributed by atoms with E-state index in [-0.39, 0.29) is 5.56 Å². The number of hydrogen-bond acceptors (Lipinski definition) is 1. The zero-order valence-corrected chi connectivity index (χ0v) is 12.7. The molecule has 0 aliphatic rings. The second-order valence-electron chi connectivity index (χ2n) is 5.49. The first-order valence-corrected chi connectivity index (χ1v) is 7.04. The molecule has 0 saturated heterocycles. The van der Waals surface area contributed by atoms with E-state index in [1.54, 1.807) is 12.4 Å². The van der Waals surface area contributed by atoms with Crippen molar-refractivity contribution in [3.8, 4) is 17.1 Å². The van der Waals surface area contributed by atoms with Gasteiger partial charge in [0.25, 0.3) is 0 Å². The van der Waals surface area contributed by atoms with Gasteiger partial charge < -0.3 is 0 Å². The lowest BCUT2D eigenvalue weighted by molar-refractivity contribution is 0.584. The summed E-state index contributed by atoms with van der Waals surface area (Å²) in [5.41, 5.74) is 4.60. The monoisotopic (exact) mass is 298 g/mol. The van der Waals surface area contributed by atoms with Crippen molar-refractivity contribution in [3.63, 3.8) is 0 Å². The van der Waals surface area contributed by atoms with Crippen LogP contribution in [0.2, 0.25) is 0 Å². The van der Waals surface area contributed by atoms with Gasteiger partial charge in [-0.15, -0.1) is 0 Å². The number of aryl methyl sites for hydroxylation is 3. The van der Waals surface area contributed by atoms with E-state index in [0.717, 1.165) is 22.9 Å². The third kappa shape index (κ3) is 2.41. The summed E-state index contributed by atoms with van der Waals surface area (Å²) in [7, 11) is 0. The largest absolute Gasteiger partial charge is 0.299 e. The van der Waals surface area contributed by atoms with E-state index in [9.17, 15) is 8.78 Å². The van der Waals surface area contributed by atoms with Crippen LogP contribution in [-0.4, -0.2) is 9.55 Å². The van der Waals surface area contributed by atoms with E-state index in [0.29, 0.717) is 5.82 Å². The molecule has 1 heterocycles. The Kier molecular flexibility index (Phi) is 3.53. The molecule has 2 nitrogen and oxygen atoms in total. The van der Waals surface area contributed by atoms with Crippen LogP contribution >= 0.6 is 0 Å². The van der Waals surface area contributed by atoms with Crippen molar-refractivity contribution in [2.75, 3.05) is 0 Å². The van der Waals surface area contributed by atoms with Crippen LogP contribution in [0.5, 0.6) is 0 Å². The Morgan fingerprint density at radius 3 is 2.27 bits per heavy atom. The van der Waals surface area contributed by atoms with Gasteiger partial charge in [-0.2, -0.15) is 0 Å². The van der Waals surface area contributed by atoms with E-state index in [1.807, 2.05) is 25.3 Å². The number of imidazole rings is 1. The zero-order valence-electron chi connectivity index (χ0n) is 12.7. The molecule has 1 aromatic heterocycles. The Hall–Kier alpha value is -2.49. The Labute approximate surface area is 128 Å². The van der Waals surface area contributed by atoms with Crippen molar-refractivity contribution in [2.24, 2.45) is 0 Å². The molecule has 0 bridgehead atoms. The minimum absolute atomic E-state index is 0.283. The molecule has 0 amide bonds. The minimum atomic E-state index is -0.616. The van der Waals surface area contributed by atoms with Crippen molar-refractivity contribution in [2.45, 2.75) is 20.8 Å². The lowest BCUT2D eigenvalue weighted by atomic mass is 10.0. The van der Waals surface area contributed by atoms with Gasteiger partial charge >= 0.3 is 0 Å². The fourth-order valence-electron chi connectivity index (χ4n) is 2.91. The van der Waals surface area contributed by atoms with E-state index >= 15 is 0 Å². The maximum atomic E-state index is 14.1. The average molecular weight is 298 g/mol.